The van der Waals surface area contributed by atoms with Crippen molar-refractivity contribution in [1.29, 1.82) is 0 Å². The number of carboxylic acid groups (broad SMARTS) is 1. The number of rotatable bonds is 6. The summed E-state index contributed by atoms with van der Waals surface area (Å²) in [4.78, 5) is 12.5. The summed E-state index contributed by atoms with van der Waals surface area (Å²) in [6, 6.07) is 6.31. The van der Waals surface area contributed by atoms with E-state index >= 15 is 0 Å². The van der Waals surface area contributed by atoms with Crippen LogP contribution < -0.4 is 0 Å². The maximum Gasteiger partial charge on any atom is 0.303 e. The van der Waals surface area contributed by atoms with Crippen molar-refractivity contribution in [1.82, 2.24) is 4.90 Å². The van der Waals surface area contributed by atoms with E-state index in [2.05, 4.69) is 46.0 Å². The van der Waals surface area contributed by atoms with E-state index in [0.717, 1.165) is 17.6 Å². The van der Waals surface area contributed by atoms with E-state index in [1.165, 1.54) is 11.1 Å². The molecular weight excluding hydrogens is 282 g/mol. The number of carboxylic acids is 1. The number of aliphatic carboxylic acids is 1. The molecule has 0 unspecified atom stereocenters. The lowest BCUT2D eigenvalue weighted by Crippen LogP contribution is -2.19. The average Bonchev–Trinajstić information content (AvgIpc) is 2.23. The van der Waals surface area contributed by atoms with E-state index in [1.54, 1.807) is 0 Å². The third-order valence-corrected chi connectivity index (χ3v) is 3.47. The van der Waals surface area contributed by atoms with Gasteiger partial charge in [-0.3, -0.25) is 4.79 Å². The van der Waals surface area contributed by atoms with E-state index in [4.69, 9.17) is 5.11 Å². The van der Waals surface area contributed by atoms with Crippen LogP contribution in [-0.4, -0.2) is 29.6 Å². The molecule has 17 heavy (non-hydrogen) atoms. The van der Waals surface area contributed by atoms with E-state index in [-0.39, 0.29) is 6.42 Å². The molecule has 1 aromatic rings. The maximum atomic E-state index is 10.4. The molecule has 0 aliphatic carbocycles. The molecule has 0 aromatic heterocycles. The molecule has 1 N–H and O–H groups in total. The van der Waals surface area contributed by atoms with Crippen LogP contribution in [0, 0.1) is 6.92 Å². The summed E-state index contributed by atoms with van der Waals surface area (Å²) in [5.74, 6) is -0.725. The Morgan fingerprint density at radius 3 is 2.76 bits per heavy atom. The zero-order valence-corrected chi connectivity index (χ0v) is 11.8. The van der Waals surface area contributed by atoms with E-state index in [0.29, 0.717) is 6.42 Å². The highest BCUT2D eigenvalue weighted by Gasteiger charge is 2.03. The molecule has 4 heteroatoms. The number of carbonyl (C=O) groups is 1. The zero-order valence-electron chi connectivity index (χ0n) is 10.2. The van der Waals surface area contributed by atoms with Crippen LogP contribution in [-0.2, 0) is 11.3 Å². The predicted molar refractivity (Wildman–Crippen MR) is 72.1 cm³/mol. The van der Waals surface area contributed by atoms with Crippen LogP contribution >= 0.6 is 15.9 Å². The Bertz CT molecular complexity index is 393. The molecular formula is C13H18BrNO2. The number of nitrogens with zero attached hydrogens (tertiary/aromatic N) is 1. The Morgan fingerprint density at radius 1 is 1.47 bits per heavy atom. The zero-order chi connectivity index (χ0) is 12.8. The van der Waals surface area contributed by atoms with Crippen LogP contribution in [0.2, 0.25) is 0 Å². The molecule has 1 aromatic carbocycles. The summed E-state index contributed by atoms with van der Waals surface area (Å²) in [6.45, 7) is 3.71. The number of halogens is 1. The summed E-state index contributed by atoms with van der Waals surface area (Å²) in [5.41, 5.74) is 2.46. The van der Waals surface area contributed by atoms with Gasteiger partial charge < -0.3 is 10.0 Å². The van der Waals surface area contributed by atoms with Crippen molar-refractivity contribution in [3.63, 3.8) is 0 Å². The highest BCUT2D eigenvalue weighted by atomic mass is 79.9. The van der Waals surface area contributed by atoms with E-state index in [1.807, 2.05) is 7.05 Å². The lowest BCUT2D eigenvalue weighted by molar-refractivity contribution is -0.137. The molecule has 0 saturated carbocycles. The van der Waals surface area contributed by atoms with Crippen LogP contribution in [0.25, 0.3) is 0 Å². The number of hydrogen-bond acceptors (Lipinski definition) is 2. The Hall–Kier alpha value is -0.870. The third kappa shape index (κ3) is 5.33. The molecule has 0 amide bonds. The summed E-state index contributed by atoms with van der Waals surface area (Å²) in [6.07, 6.45) is 0.931. The third-order valence-electron chi connectivity index (χ3n) is 2.62. The summed E-state index contributed by atoms with van der Waals surface area (Å²) in [7, 11) is 2.01. The fourth-order valence-corrected chi connectivity index (χ4v) is 2.05. The summed E-state index contributed by atoms with van der Waals surface area (Å²) >= 11 is 3.51. The minimum Gasteiger partial charge on any atom is -0.481 e. The van der Waals surface area contributed by atoms with Gasteiger partial charge in [-0.15, -0.1) is 0 Å². The minimum atomic E-state index is -0.725. The normalized spacial score (nSPS) is 10.8. The fraction of sp³-hybridized carbons (Fsp3) is 0.462. The van der Waals surface area contributed by atoms with Gasteiger partial charge >= 0.3 is 5.97 Å². The Labute approximate surface area is 111 Å². The molecule has 0 saturated heterocycles. The van der Waals surface area contributed by atoms with Crippen molar-refractivity contribution in [3.05, 3.63) is 33.8 Å². The topological polar surface area (TPSA) is 40.5 Å². The van der Waals surface area contributed by atoms with Gasteiger partial charge in [0, 0.05) is 17.4 Å². The van der Waals surface area contributed by atoms with Crippen LogP contribution in [0.1, 0.15) is 24.0 Å². The first-order valence-corrected chi connectivity index (χ1v) is 6.43. The van der Waals surface area contributed by atoms with E-state index < -0.39 is 5.97 Å². The van der Waals surface area contributed by atoms with Gasteiger partial charge in [-0.1, -0.05) is 28.1 Å². The SMILES string of the molecule is Cc1ccc(CN(C)CCCC(=O)O)cc1Br. The van der Waals surface area contributed by atoms with Gasteiger partial charge in [0.1, 0.15) is 0 Å². The van der Waals surface area contributed by atoms with Gasteiger partial charge in [-0.05, 0) is 44.1 Å². The lowest BCUT2D eigenvalue weighted by Gasteiger charge is -2.16. The van der Waals surface area contributed by atoms with Gasteiger partial charge in [0.05, 0.1) is 0 Å². The lowest BCUT2D eigenvalue weighted by atomic mass is 10.1. The van der Waals surface area contributed by atoms with Gasteiger partial charge in [-0.2, -0.15) is 0 Å². The number of hydrogen-bond donors (Lipinski definition) is 1. The number of benzene rings is 1. The second-order valence-electron chi connectivity index (χ2n) is 4.32. The molecule has 0 atom stereocenters. The molecule has 1 rings (SSSR count). The monoisotopic (exact) mass is 299 g/mol. The maximum absolute atomic E-state index is 10.4. The van der Waals surface area contributed by atoms with Gasteiger partial charge in [0.25, 0.3) is 0 Å². The molecule has 0 fully saturated rings. The standard InChI is InChI=1S/C13H18BrNO2/c1-10-5-6-11(8-12(10)14)9-15(2)7-3-4-13(16)17/h5-6,8H,3-4,7,9H2,1-2H3,(H,16,17). The van der Waals surface area contributed by atoms with Crippen molar-refractivity contribution in [2.75, 3.05) is 13.6 Å². The molecule has 3 nitrogen and oxygen atoms in total. The van der Waals surface area contributed by atoms with Crippen LogP contribution in [0.5, 0.6) is 0 Å². The minimum absolute atomic E-state index is 0.238. The van der Waals surface area contributed by atoms with Crippen molar-refractivity contribution < 1.29 is 9.90 Å². The van der Waals surface area contributed by atoms with Crippen LogP contribution in [0.4, 0.5) is 0 Å². The van der Waals surface area contributed by atoms with Gasteiger partial charge in [-0.25, -0.2) is 0 Å². The second-order valence-corrected chi connectivity index (χ2v) is 5.17. The second kappa shape index (κ2) is 6.77. The van der Waals surface area contributed by atoms with Gasteiger partial charge in [0.15, 0.2) is 0 Å². The van der Waals surface area contributed by atoms with Crippen molar-refractivity contribution in [2.45, 2.75) is 26.3 Å². The van der Waals surface area contributed by atoms with Gasteiger partial charge in [0.2, 0.25) is 0 Å². The van der Waals surface area contributed by atoms with Crippen molar-refractivity contribution >= 4 is 21.9 Å². The predicted octanol–water partition coefficient (Wildman–Crippen LogP) is 3.05. The molecule has 0 aliphatic heterocycles. The van der Waals surface area contributed by atoms with E-state index in [9.17, 15) is 4.79 Å². The molecule has 0 heterocycles. The smallest absolute Gasteiger partial charge is 0.303 e. The Balaban J connectivity index is 2.42. The largest absolute Gasteiger partial charge is 0.481 e. The first kappa shape index (κ1) is 14.2. The first-order valence-electron chi connectivity index (χ1n) is 5.64. The highest BCUT2D eigenvalue weighted by Crippen LogP contribution is 2.18. The molecule has 0 aliphatic rings. The van der Waals surface area contributed by atoms with Crippen molar-refractivity contribution in [3.8, 4) is 0 Å². The van der Waals surface area contributed by atoms with Crippen LogP contribution in [0.15, 0.2) is 22.7 Å². The first-order chi connectivity index (χ1) is 7.99. The quantitative estimate of drug-likeness (QED) is 0.878. The molecule has 0 bridgehead atoms. The Kier molecular flexibility index (Phi) is 5.65. The number of aryl methyl sites for hydroxylation is 1. The fourth-order valence-electron chi connectivity index (χ4n) is 1.63. The van der Waals surface area contributed by atoms with Crippen LogP contribution in [0.3, 0.4) is 0 Å². The van der Waals surface area contributed by atoms with Crippen molar-refractivity contribution in [2.24, 2.45) is 0 Å². The molecule has 0 radical (unpaired) electrons. The highest BCUT2D eigenvalue weighted by molar-refractivity contribution is 9.10. The molecule has 0 spiro atoms. The Morgan fingerprint density at radius 2 is 2.18 bits per heavy atom. The summed E-state index contributed by atoms with van der Waals surface area (Å²) < 4.78 is 1.12. The summed E-state index contributed by atoms with van der Waals surface area (Å²) in [5, 5.41) is 8.56. The molecule has 94 valence electrons. The average molecular weight is 300 g/mol.